The molecule has 0 aliphatic carbocycles. The zero-order chi connectivity index (χ0) is 35.1. The molecule has 0 aliphatic rings. The first-order valence-corrected chi connectivity index (χ1v) is 21.0. The van der Waals surface area contributed by atoms with E-state index in [0.717, 1.165) is 12.1 Å². The van der Waals surface area contributed by atoms with Crippen LogP contribution in [0.3, 0.4) is 0 Å². The normalized spacial score (nSPS) is 10.2. The van der Waals surface area contributed by atoms with E-state index < -0.39 is 64.2 Å². The van der Waals surface area contributed by atoms with E-state index in [1.165, 1.54) is 12.1 Å². The Kier molecular flexibility index (Phi) is 40.1. The Morgan fingerprint density at radius 2 is 0.826 bits per heavy atom. The van der Waals surface area contributed by atoms with E-state index in [0.29, 0.717) is 26.1 Å². The molecule has 0 aromatic heterocycles. The summed E-state index contributed by atoms with van der Waals surface area (Å²) in [7, 11) is 0. The van der Waals surface area contributed by atoms with Gasteiger partial charge in [0.1, 0.15) is 0 Å². The van der Waals surface area contributed by atoms with Crippen LogP contribution in [0, 0.1) is 0 Å². The third-order valence-electron chi connectivity index (χ3n) is 3.05. The minimum atomic E-state index is -5.36. The number of Topliss-reactive ketones (excluding diaryl/α,β-unsaturated/α-hetero) is 1. The molecule has 2 aromatic rings. The number of hydrogen-bond donors (Lipinski definition) is 0. The van der Waals surface area contributed by atoms with E-state index in [9.17, 15) is 67.1 Å². The molecule has 0 radical (unpaired) electrons. The van der Waals surface area contributed by atoms with Crippen molar-refractivity contribution < 1.29 is 93.1 Å². The monoisotopic (exact) mass is 1030 g/mol. The van der Waals surface area contributed by atoms with Gasteiger partial charge in [-0.05, 0) is 4.93 Å². The summed E-state index contributed by atoms with van der Waals surface area (Å²) in [5.41, 5.74) is -0.329. The maximum atomic E-state index is 11.8. The molecule has 0 unspecified atom stereocenters. The second kappa shape index (κ2) is 30.8. The van der Waals surface area contributed by atoms with E-state index in [1.807, 2.05) is 41.3 Å². The topological polar surface area (TPSA) is 68.3 Å². The maximum absolute atomic E-state index is 11.8. The summed E-state index contributed by atoms with van der Waals surface area (Å²) in [5, 5.41) is 0. The number of benzene rings is 2. The Labute approximate surface area is 292 Å². The Morgan fingerprint density at radius 1 is 0.609 bits per heavy atom. The molecule has 0 aliphatic heterocycles. The fraction of sp³-hybridized carbons (Fsp3) is 0.407. The van der Waals surface area contributed by atoms with Crippen LogP contribution in [0.15, 0.2) is 66.7 Å². The minimum absolute atomic E-state index is 0. The molecule has 274 valence electrons. The van der Waals surface area contributed by atoms with Gasteiger partial charge >= 0.3 is 124 Å². The number of aldehydes is 1. The number of rotatable bonds is 3. The van der Waals surface area contributed by atoms with Crippen LogP contribution >= 0.6 is 42.4 Å². The van der Waals surface area contributed by atoms with Gasteiger partial charge in [-0.3, -0.25) is 9.59 Å². The first-order valence-electron chi connectivity index (χ1n) is 10.2. The van der Waals surface area contributed by atoms with Gasteiger partial charge in [-0.25, -0.2) is 0 Å². The van der Waals surface area contributed by atoms with E-state index >= 15 is 0 Å². The second-order valence-corrected chi connectivity index (χ2v) is 13.2. The molecule has 2 aromatic carbocycles. The molecule has 0 amide bonds. The summed E-state index contributed by atoms with van der Waals surface area (Å²) in [5.74, 6) is -1.80. The fourth-order valence-electron chi connectivity index (χ4n) is 1.54. The van der Waals surface area contributed by atoms with E-state index in [4.69, 9.17) is 4.79 Å². The van der Waals surface area contributed by atoms with Crippen LogP contribution in [0.5, 0.6) is 0 Å². The van der Waals surface area contributed by atoms with Crippen molar-refractivity contribution in [3.63, 3.8) is 0 Å². The molecular weight excluding hydrogens is 997 g/mol. The van der Waals surface area contributed by atoms with Gasteiger partial charge in [0.25, 0.3) is 5.78 Å². The Morgan fingerprint density at radius 3 is 1.00 bits per heavy atom. The number of hydrogen-bond acceptors (Lipinski definition) is 4. The fourth-order valence-corrected chi connectivity index (χ4v) is 3.82. The molecule has 19 heteroatoms. The summed E-state index contributed by atoms with van der Waals surface area (Å²) in [6, 6.07) is 18.6. The third-order valence-corrected chi connectivity index (χ3v) is 7.22. The van der Waals surface area contributed by atoms with Crippen molar-refractivity contribution in [2.75, 3.05) is 19.7 Å². The first-order chi connectivity index (χ1) is 19.5. The maximum Gasteiger partial charge on any atom is 0.454 e. The summed E-state index contributed by atoms with van der Waals surface area (Å²) in [4.78, 5) is 46.7. The van der Waals surface area contributed by atoms with Crippen LogP contribution in [0.1, 0.15) is 32.6 Å². The standard InChI is InChI=1S/C8H5F3O.C6H6.C5H3F6IO2.C2HF3O.C2H6I.CH3I.3CH4/c9-8(10,11)7(12)6-4-2-1-3-5-6;1-2-4-6-5-3-1;1-12(2(13)4(6,7)8)3(14)5(9,10)11;3-2(4,5)1-6;1-3-2;1-2;;;/h1-5H;1-6H;1H3;1H;1-2H3;1H3;3*1H4/q;;;;-1;;;;. The summed E-state index contributed by atoms with van der Waals surface area (Å²) < 4.78 is 131. The zero-order valence-electron chi connectivity index (χ0n) is 22.2. The largest absolute Gasteiger partial charge is 0.454 e. The van der Waals surface area contributed by atoms with Gasteiger partial charge in [0.15, 0.2) is 0 Å². The molecular formula is C27H36F12I3O4-. The minimum Gasteiger partial charge on any atom is -0.293 e. The Balaban J connectivity index is -0.0000000861. The number of carbonyl (C=O) groups excluding carboxylic acids is 4. The molecule has 4 nitrogen and oxygen atoms in total. The number of halogens is 15. The SMILES string of the molecule is C.C.C.CI.CI(C(=O)C(F)(F)F)C(=O)C(F)(F)F.C[I-]C.O=C(c1ccccc1)C(F)(F)F.O=CC(F)(F)F.c1ccccc1. The number of alkyl halides is 16. The van der Waals surface area contributed by atoms with Gasteiger partial charge in [0.2, 0.25) is 6.29 Å². The molecule has 0 fully saturated rings. The van der Waals surface area contributed by atoms with Crippen molar-refractivity contribution in [2.24, 2.45) is 0 Å². The molecule has 2 rings (SSSR count). The van der Waals surface area contributed by atoms with Crippen LogP contribution in [-0.2, 0) is 14.4 Å². The van der Waals surface area contributed by atoms with Gasteiger partial charge in [-0.1, -0.05) is 112 Å². The summed E-state index contributed by atoms with van der Waals surface area (Å²) >= 11 is -1.61. The summed E-state index contributed by atoms with van der Waals surface area (Å²) in [6.45, 7) is 0. The van der Waals surface area contributed by atoms with Gasteiger partial charge in [-0.2, -0.15) is 26.3 Å². The van der Waals surface area contributed by atoms with Crippen LogP contribution in [0.2, 0.25) is 0 Å². The zero-order valence-corrected chi connectivity index (χ0v) is 28.7. The molecule has 0 bridgehead atoms. The number of ketones is 1. The third kappa shape index (κ3) is 35.3. The molecule has 0 N–H and O–H groups in total. The van der Waals surface area contributed by atoms with E-state index in [1.54, 1.807) is 6.07 Å². The van der Waals surface area contributed by atoms with Crippen molar-refractivity contribution in [1.29, 1.82) is 0 Å². The van der Waals surface area contributed by atoms with E-state index in [-0.39, 0.29) is 27.8 Å². The van der Waals surface area contributed by atoms with Crippen LogP contribution in [-0.4, -0.2) is 64.1 Å². The second-order valence-electron chi connectivity index (χ2n) is 6.40. The Hall–Kier alpha value is -1.53. The molecule has 0 heterocycles. The van der Waals surface area contributed by atoms with Crippen molar-refractivity contribution in [3.8, 4) is 0 Å². The van der Waals surface area contributed by atoms with E-state index in [2.05, 4.69) is 32.5 Å². The molecule has 0 saturated heterocycles. The average molecular weight is 1030 g/mol. The molecule has 0 saturated carbocycles. The van der Waals surface area contributed by atoms with Gasteiger partial charge in [0, 0.05) is 5.56 Å². The van der Waals surface area contributed by atoms with Crippen LogP contribution in [0.4, 0.5) is 52.7 Å². The van der Waals surface area contributed by atoms with Gasteiger partial charge in [-0.15, -0.1) is 0 Å². The van der Waals surface area contributed by atoms with Crippen LogP contribution in [0.25, 0.3) is 0 Å². The van der Waals surface area contributed by atoms with Crippen molar-refractivity contribution in [3.05, 3.63) is 72.3 Å². The predicted molar refractivity (Wildman–Crippen MR) is 169 cm³/mol. The summed E-state index contributed by atoms with van der Waals surface area (Å²) in [6.07, 6.45) is -21.2. The number of carbonyl (C=O) groups is 4. The van der Waals surface area contributed by atoms with Gasteiger partial charge < -0.3 is 0 Å². The molecule has 0 spiro atoms. The van der Waals surface area contributed by atoms with Crippen molar-refractivity contribution in [2.45, 2.75) is 47.0 Å². The average Bonchev–Trinajstić information content (AvgIpc) is 2.93. The van der Waals surface area contributed by atoms with Crippen LogP contribution < -0.4 is 21.2 Å². The smallest absolute Gasteiger partial charge is 0.293 e. The van der Waals surface area contributed by atoms with Crippen molar-refractivity contribution in [1.82, 2.24) is 0 Å². The molecule has 0 atom stereocenters. The quantitative estimate of drug-likeness (QED) is 0.0801. The Bertz CT molecular complexity index is 976. The van der Waals surface area contributed by atoms with Crippen molar-refractivity contribution >= 4 is 62.1 Å². The first kappa shape index (κ1) is 59.9. The van der Waals surface area contributed by atoms with Gasteiger partial charge in [0.05, 0.1) is 0 Å². The molecule has 46 heavy (non-hydrogen) atoms. The predicted octanol–water partition coefficient (Wildman–Crippen LogP) is 7.46.